The number of hydrogen-bond acceptors (Lipinski definition) is 5. The standard InChI is InChI=1S/C21H20N2O3S/c1-12-6-13(2)8-14(7-12)9-15-10-19(24)23(20(15)25)21-22-17-5-4-16(26-3)11-18(17)27-21/h4-8,11,15H,9-10H2,1-3H3/t15-/m1/s1. The molecule has 5 nitrogen and oxygen atoms in total. The van der Waals surface area contributed by atoms with Gasteiger partial charge in [-0.2, -0.15) is 0 Å². The van der Waals surface area contributed by atoms with Crippen LogP contribution in [-0.4, -0.2) is 23.9 Å². The van der Waals surface area contributed by atoms with Gasteiger partial charge in [0.2, 0.25) is 11.8 Å². The molecule has 1 aliphatic heterocycles. The Morgan fingerprint density at radius 1 is 1.15 bits per heavy atom. The number of imide groups is 1. The number of methoxy groups -OCH3 is 1. The number of aromatic nitrogens is 1. The summed E-state index contributed by atoms with van der Waals surface area (Å²) in [5.74, 6) is 0.0512. The van der Waals surface area contributed by atoms with E-state index in [1.54, 1.807) is 7.11 Å². The van der Waals surface area contributed by atoms with Crippen LogP contribution in [0.5, 0.6) is 5.75 Å². The number of nitrogens with zero attached hydrogens (tertiary/aromatic N) is 2. The third-order valence-electron chi connectivity index (χ3n) is 4.78. The first kappa shape index (κ1) is 17.7. The molecule has 1 aliphatic rings. The Balaban J connectivity index is 1.61. The fourth-order valence-electron chi connectivity index (χ4n) is 3.64. The zero-order valence-electron chi connectivity index (χ0n) is 15.5. The van der Waals surface area contributed by atoms with Gasteiger partial charge < -0.3 is 4.74 Å². The second-order valence-corrected chi connectivity index (χ2v) is 8.01. The normalized spacial score (nSPS) is 17.1. The highest BCUT2D eigenvalue weighted by Crippen LogP contribution is 2.35. The Kier molecular flexibility index (Phi) is 4.44. The van der Waals surface area contributed by atoms with E-state index >= 15 is 0 Å². The summed E-state index contributed by atoms with van der Waals surface area (Å²) in [7, 11) is 1.61. The summed E-state index contributed by atoms with van der Waals surface area (Å²) in [5, 5.41) is 0.441. The molecule has 1 aromatic heterocycles. The molecule has 2 amide bonds. The number of carbonyl (C=O) groups is 2. The minimum absolute atomic E-state index is 0.162. The number of ether oxygens (including phenoxy) is 1. The summed E-state index contributed by atoms with van der Waals surface area (Å²) in [6.07, 6.45) is 0.799. The summed E-state index contributed by atoms with van der Waals surface area (Å²) in [4.78, 5) is 31.2. The molecule has 0 N–H and O–H groups in total. The van der Waals surface area contributed by atoms with Crippen molar-refractivity contribution in [1.29, 1.82) is 0 Å². The zero-order valence-corrected chi connectivity index (χ0v) is 16.3. The van der Waals surface area contributed by atoms with Crippen molar-refractivity contribution in [2.45, 2.75) is 26.7 Å². The number of amides is 2. The van der Waals surface area contributed by atoms with Crippen LogP contribution in [0, 0.1) is 19.8 Å². The summed E-state index contributed by atoms with van der Waals surface area (Å²) < 4.78 is 6.12. The Hall–Kier alpha value is -2.73. The van der Waals surface area contributed by atoms with E-state index in [2.05, 4.69) is 23.2 Å². The van der Waals surface area contributed by atoms with Gasteiger partial charge in [0.1, 0.15) is 5.75 Å². The van der Waals surface area contributed by atoms with Crippen molar-refractivity contribution in [2.24, 2.45) is 5.92 Å². The topological polar surface area (TPSA) is 59.5 Å². The smallest absolute Gasteiger partial charge is 0.239 e. The molecular formula is C21H20N2O3S. The quantitative estimate of drug-likeness (QED) is 0.641. The van der Waals surface area contributed by atoms with Crippen molar-refractivity contribution >= 4 is 38.5 Å². The summed E-state index contributed by atoms with van der Waals surface area (Å²) >= 11 is 1.34. The second-order valence-electron chi connectivity index (χ2n) is 7.00. The van der Waals surface area contributed by atoms with Crippen molar-refractivity contribution in [1.82, 2.24) is 4.98 Å². The number of benzene rings is 2. The van der Waals surface area contributed by atoms with Crippen molar-refractivity contribution in [2.75, 3.05) is 12.0 Å². The van der Waals surface area contributed by atoms with Crippen LogP contribution in [0.15, 0.2) is 36.4 Å². The fraction of sp³-hybridized carbons (Fsp3) is 0.286. The minimum atomic E-state index is -0.333. The van der Waals surface area contributed by atoms with Crippen molar-refractivity contribution in [3.8, 4) is 5.75 Å². The van der Waals surface area contributed by atoms with E-state index in [-0.39, 0.29) is 24.2 Å². The Morgan fingerprint density at radius 2 is 1.89 bits per heavy atom. The van der Waals surface area contributed by atoms with Gasteiger partial charge in [-0.25, -0.2) is 9.88 Å². The Morgan fingerprint density at radius 3 is 2.59 bits per heavy atom. The molecule has 4 rings (SSSR count). The van der Waals surface area contributed by atoms with Crippen molar-refractivity contribution in [3.05, 3.63) is 53.1 Å². The lowest BCUT2D eigenvalue weighted by Crippen LogP contribution is -2.30. The number of rotatable bonds is 4. The maximum Gasteiger partial charge on any atom is 0.239 e. The lowest BCUT2D eigenvalue weighted by molar-refractivity contribution is -0.122. The molecule has 1 fully saturated rings. The largest absolute Gasteiger partial charge is 0.497 e. The van der Waals surface area contributed by atoms with Gasteiger partial charge in [0.15, 0.2) is 5.13 Å². The average molecular weight is 380 g/mol. The Bertz CT molecular complexity index is 1040. The van der Waals surface area contributed by atoms with Crippen LogP contribution in [0.25, 0.3) is 10.2 Å². The lowest BCUT2D eigenvalue weighted by Gasteiger charge is -2.12. The number of anilines is 1. The number of carbonyl (C=O) groups excluding carboxylic acids is 2. The molecule has 0 radical (unpaired) electrons. The van der Waals surface area contributed by atoms with Gasteiger partial charge in [-0.05, 0) is 44.0 Å². The van der Waals surface area contributed by atoms with Crippen LogP contribution in [0.1, 0.15) is 23.1 Å². The van der Waals surface area contributed by atoms with Crippen LogP contribution in [0.2, 0.25) is 0 Å². The third-order valence-corrected chi connectivity index (χ3v) is 5.78. The van der Waals surface area contributed by atoms with E-state index in [1.807, 2.05) is 32.0 Å². The molecular weight excluding hydrogens is 360 g/mol. The van der Waals surface area contributed by atoms with E-state index in [1.165, 1.54) is 27.4 Å². The minimum Gasteiger partial charge on any atom is -0.497 e. The van der Waals surface area contributed by atoms with Gasteiger partial charge in [-0.15, -0.1) is 0 Å². The fourth-order valence-corrected chi connectivity index (χ4v) is 4.66. The zero-order chi connectivity index (χ0) is 19.1. The number of thiazole rings is 1. The van der Waals surface area contributed by atoms with Gasteiger partial charge in [0.05, 0.1) is 23.2 Å². The molecule has 2 aromatic carbocycles. The molecule has 0 bridgehead atoms. The number of aryl methyl sites for hydroxylation is 2. The second kappa shape index (κ2) is 6.78. The van der Waals surface area contributed by atoms with E-state index in [0.717, 1.165) is 21.5 Å². The summed E-state index contributed by atoms with van der Waals surface area (Å²) in [6.45, 7) is 4.08. The summed E-state index contributed by atoms with van der Waals surface area (Å²) in [5.41, 5.74) is 4.18. The molecule has 1 atom stereocenters. The third kappa shape index (κ3) is 3.32. The predicted octanol–water partition coefficient (Wildman–Crippen LogP) is 4.04. The molecule has 27 heavy (non-hydrogen) atoms. The molecule has 0 saturated carbocycles. The maximum atomic E-state index is 12.9. The van der Waals surface area contributed by atoms with Gasteiger partial charge in [-0.3, -0.25) is 9.59 Å². The molecule has 0 unspecified atom stereocenters. The first-order valence-electron chi connectivity index (χ1n) is 8.83. The van der Waals surface area contributed by atoms with Crippen LogP contribution < -0.4 is 9.64 Å². The monoisotopic (exact) mass is 380 g/mol. The predicted molar refractivity (Wildman–Crippen MR) is 106 cm³/mol. The highest BCUT2D eigenvalue weighted by Gasteiger charge is 2.41. The number of hydrogen-bond donors (Lipinski definition) is 0. The molecule has 2 heterocycles. The van der Waals surface area contributed by atoms with E-state index in [0.29, 0.717) is 11.6 Å². The highest BCUT2D eigenvalue weighted by atomic mass is 32.1. The lowest BCUT2D eigenvalue weighted by atomic mass is 9.95. The molecule has 0 spiro atoms. The Labute approximate surface area is 161 Å². The van der Waals surface area contributed by atoms with Crippen molar-refractivity contribution < 1.29 is 14.3 Å². The van der Waals surface area contributed by atoms with E-state index < -0.39 is 0 Å². The number of fused-ring (bicyclic) bond motifs is 1. The van der Waals surface area contributed by atoms with Crippen LogP contribution in [0.3, 0.4) is 0 Å². The van der Waals surface area contributed by atoms with Crippen LogP contribution in [-0.2, 0) is 16.0 Å². The maximum absolute atomic E-state index is 12.9. The van der Waals surface area contributed by atoms with E-state index in [9.17, 15) is 9.59 Å². The van der Waals surface area contributed by atoms with Crippen molar-refractivity contribution in [3.63, 3.8) is 0 Å². The van der Waals surface area contributed by atoms with E-state index in [4.69, 9.17) is 4.74 Å². The first-order valence-corrected chi connectivity index (χ1v) is 9.65. The first-order chi connectivity index (χ1) is 12.9. The molecule has 3 aromatic rings. The van der Waals surface area contributed by atoms with Crippen LogP contribution >= 0.6 is 11.3 Å². The van der Waals surface area contributed by atoms with Crippen LogP contribution in [0.4, 0.5) is 5.13 Å². The van der Waals surface area contributed by atoms with Gasteiger partial charge in [0, 0.05) is 6.42 Å². The molecule has 1 saturated heterocycles. The molecule has 138 valence electrons. The average Bonchev–Trinajstić information content (AvgIpc) is 3.13. The van der Waals surface area contributed by atoms with Gasteiger partial charge in [0.25, 0.3) is 0 Å². The highest BCUT2D eigenvalue weighted by molar-refractivity contribution is 7.22. The van der Waals surface area contributed by atoms with Gasteiger partial charge in [-0.1, -0.05) is 40.7 Å². The molecule has 6 heteroatoms. The van der Waals surface area contributed by atoms with Gasteiger partial charge >= 0.3 is 0 Å². The SMILES string of the molecule is COc1ccc2nc(N3C(=O)C[C@@H](Cc4cc(C)cc(C)c4)C3=O)sc2c1. The summed E-state index contributed by atoms with van der Waals surface area (Å²) in [6, 6.07) is 11.8. The molecule has 0 aliphatic carbocycles.